The van der Waals surface area contributed by atoms with Crippen LogP contribution in [0.1, 0.15) is 32.8 Å². The van der Waals surface area contributed by atoms with Gasteiger partial charge >= 0.3 is 0 Å². The normalized spacial score (nSPS) is 11.8. The lowest BCUT2D eigenvalue weighted by molar-refractivity contribution is -0.143. The van der Waals surface area contributed by atoms with Gasteiger partial charge in [0.05, 0.1) is 0 Å². The summed E-state index contributed by atoms with van der Waals surface area (Å²) in [4.78, 5) is 27.5. The number of nitrogens with zero attached hydrogens (tertiary/aromatic N) is 1. The summed E-state index contributed by atoms with van der Waals surface area (Å²) < 4.78 is 6.60. The van der Waals surface area contributed by atoms with E-state index in [2.05, 4.69) is 21.2 Å². The highest BCUT2D eigenvalue weighted by Crippen LogP contribution is 2.18. The van der Waals surface area contributed by atoms with Crippen molar-refractivity contribution in [2.45, 2.75) is 39.8 Å². The number of amides is 2. The van der Waals surface area contributed by atoms with Crippen molar-refractivity contribution in [3.8, 4) is 5.75 Å². The van der Waals surface area contributed by atoms with Crippen LogP contribution in [0.25, 0.3) is 0 Å². The quantitative estimate of drug-likeness (QED) is 0.501. The first-order valence-electron chi connectivity index (χ1n) is 10.00. The first-order chi connectivity index (χ1) is 14.3. The minimum absolute atomic E-state index is 0.150. The zero-order valence-electron chi connectivity index (χ0n) is 17.5. The summed E-state index contributed by atoms with van der Waals surface area (Å²) in [6.07, 6.45) is 0.502. The zero-order chi connectivity index (χ0) is 22.1. The van der Waals surface area contributed by atoms with E-state index >= 15 is 0 Å². The summed E-state index contributed by atoms with van der Waals surface area (Å²) in [7, 11) is 0. The molecule has 0 fully saturated rings. The summed E-state index contributed by atoms with van der Waals surface area (Å²) in [6, 6.07) is 13.9. The first kappa shape index (κ1) is 24.2. The molecule has 2 aromatic carbocycles. The molecule has 30 heavy (non-hydrogen) atoms. The van der Waals surface area contributed by atoms with E-state index in [1.165, 1.54) is 0 Å². The number of nitrogens with one attached hydrogen (secondary N) is 1. The maximum atomic E-state index is 13.1. The molecule has 0 spiro atoms. The molecule has 5 nitrogen and oxygen atoms in total. The second kappa shape index (κ2) is 12.0. The molecular weight excluding hydrogens is 468 g/mol. The van der Waals surface area contributed by atoms with Crippen molar-refractivity contribution in [1.29, 1.82) is 0 Å². The van der Waals surface area contributed by atoms with Crippen molar-refractivity contribution in [3.63, 3.8) is 0 Å². The van der Waals surface area contributed by atoms with Gasteiger partial charge in [0.25, 0.3) is 5.91 Å². The van der Waals surface area contributed by atoms with Gasteiger partial charge in [0, 0.05) is 22.6 Å². The highest BCUT2D eigenvalue weighted by Gasteiger charge is 2.29. The molecule has 162 valence electrons. The monoisotopic (exact) mass is 494 g/mol. The summed E-state index contributed by atoms with van der Waals surface area (Å²) >= 11 is 9.36. The molecule has 2 rings (SSSR count). The van der Waals surface area contributed by atoms with Crippen molar-refractivity contribution in [1.82, 2.24) is 10.2 Å². The van der Waals surface area contributed by atoms with Crippen LogP contribution in [0.5, 0.6) is 5.75 Å². The molecule has 0 aliphatic carbocycles. The van der Waals surface area contributed by atoms with Gasteiger partial charge in [0.1, 0.15) is 11.8 Å². The SMILES string of the molecule is CC[C@H](C(=O)NCC(C)C)N(Cc1ccc(Cl)cc1)C(=O)COc1ccc(Br)cc1. The Morgan fingerprint density at radius 2 is 1.73 bits per heavy atom. The largest absolute Gasteiger partial charge is 0.484 e. The third kappa shape index (κ3) is 7.65. The molecule has 0 heterocycles. The first-order valence-corrected chi connectivity index (χ1v) is 11.2. The maximum absolute atomic E-state index is 13.1. The standard InChI is InChI=1S/C23H28BrClN2O3/c1-4-21(23(29)26-13-16(2)3)27(14-17-5-9-19(25)10-6-17)22(28)15-30-20-11-7-18(24)8-12-20/h5-12,16,21H,4,13-15H2,1-3H3,(H,26,29)/t21-/m1/s1. The molecular formula is C23H28BrClN2O3. The molecule has 0 radical (unpaired) electrons. The van der Waals surface area contributed by atoms with Gasteiger partial charge in [-0.2, -0.15) is 0 Å². The summed E-state index contributed by atoms with van der Waals surface area (Å²) in [6.45, 7) is 6.68. The predicted molar refractivity (Wildman–Crippen MR) is 124 cm³/mol. The molecule has 1 atom stereocenters. The van der Waals surface area contributed by atoms with E-state index in [0.29, 0.717) is 36.2 Å². The Hall–Kier alpha value is -2.05. The molecule has 2 aromatic rings. The highest BCUT2D eigenvalue weighted by molar-refractivity contribution is 9.10. The number of halogens is 2. The molecule has 0 aliphatic heterocycles. The highest BCUT2D eigenvalue weighted by atomic mass is 79.9. The van der Waals surface area contributed by atoms with Gasteiger partial charge < -0.3 is 15.0 Å². The molecule has 0 aromatic heterocycles. The van der Waals surface area contributed by atoms with E-state index in [-0.39, 0.29) is 18.4 Å². The van der Waals surface area contributed by atoms with E-state index in [1.807, 2.05) is 45.0 Å². The van der Waals surface area contributed by atoms with Crippen LogP contribution in [0.4, 0.5) is 0 Å². The van der Waals surface area contributed by atoms with E-state index < -0.39 is 6.04 Å². The molecule has 0 bridgehead atoms. The van der Waals surface area contributed by atoms with Crippen molar-refractivity contribution in [2.24, 2.45) is 5.92 Å². The second-order valence-corrected chi connectivity index (χ2v) is 8.81. The van der Waals surface area contributed by atoms with Gasteiger partial charge in [0.2, 0.25) is 5.91 Å². The van der Waals surface area contributed by atoms with Crippen LogP contribution in [0, 0.1) is 5.92 Å². The number of hydrogen-bond donors (Lipinski definition) is 1. The minimum atomic E-state index is -0.583. The number of carbonyl (C=O) groups excluding carboxylic acids is 2. The van der Waals surface area contributed by atoms with Crippen LogP contribution in [0.3, 0.4) is 0 Å². The van der Waals surface area contributed by atoms with Crippen LogP contribution < -0.4 is 10.1 Å². The van der Waals surface area contributed by atoms with E-state index in [9.17, 15) is 9.59 Å². The van der Waals surface area contributed by atoms with Crippen LogP contribution in [-0.4, -0.2) is 35.9 Å². The third-order valence-electron chi connectivity index (χ3n) is 4.51. The fraction of sp³-hybridized carbons (Fsp3) is 0.391. The number of carbonyl (C=O) groups is 2. The number of benzene rings is 2. The lowest BCUT2D eigenvalue weighted by Crippen LogP contribution is -2.50. The van der Waals surface area contributed by atoms with Gasteiger partial charge in [-0.3, -0.25) is 9.59 Å². The fourth-order valence-electron chi connectivity index (χ4n) is 2.89. The Balaban J connectivity index is 2.17. The van der Waals surface area contributed by atoms with E-state index in [1.54, 1.807) is 29.2 Å². The Morgan fingerprint density at radius 3 is 2.30 bits per heavy atom. The Morgan fingerprint density at radius 1 is 1.10 bits per heavy atom. The van der Waals surface area contributed by atoms with Gasteiger partial charge in [-0.15, -0.1) is 0 Å². The molecule has 0 unspecified atom stereocenters. The zero-order valence-corrected chi connectivity index (χ0v) is 19.9. The molecule has 7 heteroatoms. The Labute approximate surface area is 191 Å². The second-order valence-electron chi connectivity index (χ2n) is 7.45. The summed E-state index contributed by atoms with van der Waals surface area (Å²) in [5.41, 5.74) is 0.895. The molecule has 0 saturated carbocycles. The molecule has 0 aliphatic rings. The average Bonchev–Trinajstić information content (AvgIpc) is 2.72. The van der Waals surface area contributed by atoms with Crippen molar-refractivity contribution < 1.29 is 14.3 Å². The third-order valence-corrected chi connectivity index (χ3v) is 5.29. The Kier molecular flexibility index (Phi) is 9.66. The van der Waals surface area contributed by atoms with Crippen LogP contribution in [0.15, 0.2) is 53.0 Å². The lowest BCUT2D eigenvalue weighted by atomic mass is 10.1. The van der Waals surface area contributed by atoms with Crippen molar-refractivity contribution in [3.05, 3.63) is 63.6 Å². The fourth-order valence-corrected chi connectivity index (χ4v) is 3.28. The van der Waals surface area contributed by atoms with Gasteiger partial charge in [0.15, 0.2) is 6.61 Å². The number of rotatable bonds is 10. The molecule has 1 N–H and O–H groups in total. The van der Waals surface area contributed by atoms with Crippen LogP contribution >= 0.6 is 27.5 Å². The predicted octanol–water partition coefficient (Wildman–Crippen LogP) is 5.06. The van der Waals surface area contributed by atoms with Gasteiger partial charge in [-0.25, -0.2) is 0 Å². The Bertz CT molecular complexity index is 825. The maximum Gasteiger partial charge on any atom is 0.261 e. The topological polar surface area (TPSA) is 58.6 Å². The van der Waals surface area contributed by atoms with E-state index in [4.69, 9.17) is 16.3 Å². The van der Waals surface area contributed by atoms with Crippen LogP contribution in [0.2, 0.25) is 5.02 Å². The lowest BCUT2D eigenvalue weighted by Gasteiger charge is -2.30. The van der Waals surface area contributed by atoms with Crippen molar-refractivity contribution >= 4 is 39.3 Å². The van der Waals surface area contributed by atoms with Crippen molar-refractivity contribution in [2.75, 3.05) is 13.2 Å². The number of ether oxygens (including phenoxy) is 1. The smallest absolute Gasteiger partial charge is 0.261 e. The van der Waals surface area contributed by atoms with Gasteiger partial charge in [-0.05, 0) is 54.3 Å². The summed E-state index contributed by atoms with van der Waals surface area (Å²) in [5.74, 6) is 0.513. The molecule has 2 amide bonds. The van der Waals surface area contributed by atoms with Crippen LogP contribution in [-0.2, 0) is 16.1 Å². The molecule has 0 saturated heterocycles. The summed E-state index contributed by atoms with van der Waals surface area (Å²) in [5, 5.41) is 3.57. The van der Waals surface area contributed by atoms with E-state index in [0.717, 1.165) is 10.0 Å². The minimum Gasteiger partial charge on any atom is -0.484 e. The number of hydrogen-bond acceptors (Lipinski definition) is 3. The average molecular weight is 496 g/mol. The van der Waals surface area contributed by atoms with Gasteiger partial charge in [-0.1, -0.05) is 60.4 Å².